The number of allylic oxidation sites excluding steroid dienone is 3. The molecule has 4 rings (SSSR count). The molecule has 0 N–H and O–H groups in total. The molecule has 2 aromatic heterocycles. The zero-order valence-electron chi connectivity index (χ0n) is 14.7. The molecule has 2 aliphatic rings. The van der Waals surface area contributed by atoms with Gasteiger partial charge in [0.25, 0.3) is 5.91 Å². The smallest absolute Gasteiger partial charge is 0.259 e. The molecule has 1 aliphatic carbocycles. The van der Waals surface area contributed by atoms with Gasteiger partial charge in [-0.05, 0) is 56.6 Å². The molecule has 1 amide bonds. The summed E-state index contributed by atoms with van der Waals surface area (Å²) in [5.74, 6) is 0.0260. The molecule has 0 aromatic carbocycles. The van der Waals surface area contributed by atoms with E-state index in [0.717, 1.165) is 41.9 Å². The van der Waals surface area contributed by atoms with Crippen LogP contribution in [0.25, 0.3) is 5.65 Å². The Labute approximate surface area is 157 Å². The van der Waals surface area contributed by atoms with Crippen LogP contribution in [0.4, 0.5) is 5.69 Å². The second-order valence-corrected chi connectivity index (χ2v) is 7.26. The molecule has 3 heterocycles. The highest BCUT2D eigenvalue weighted by molar-refractivity contribution is 7.80. The number of aromatic nitrogens is 2. The van der Waals surface area contributed by atoms with Crippen LogP contribution in [0, 0.1) is 0 Å². The lowest BCUT2D eigenvalue weighted by atomic mass is 9.75. The molecule has 0 radical (unpaired) electrons. The van der Waals surface area contributed by atoms with Gasteiger partial charge in [-0.15, -0.1) is 0 Å². The van der Waals surface area contributed by atoms with E-state index in [4.69, 9.17) is 12.2 Å². The highest BCUT2D eigenvalue weighted by atomic mass is 32.1. The molecule has 0 bridgehead atoms. The number of rotatable bonds is 4. The number of anilines is 1. The summed E-state index contributed by atoms with van der Waals surface area (Å²) in [6.45, 7) is 9.96. The summed E-state index contributed by atoms with van der Waals surface area (Å²) in [4.78, 5) is 21.1. The Hall–Kier alpha value is -2.73. The molecule has 2 fully saturated rings. The second-order valence-electron chi connectivity index (χ2n) is 6.89. The summed E-state index contributed by atoms with van der Waals surface area (Å²) in [6, 6.07) is 3.77. The van der Waals surface area contributed by atoms with E-state index >= 15 is 0 Å². The SMILES string of the molecule is C=C(C)C=CC(=C)N1C(=S)N(c2ccc3nccn3c2)C(=O)C12CCC2. The van der Waals surface area contributed by atoms with Gasteiger partial charge in [0, 0.05) is 24.3 Å². The van der Waals surface area contributed by atoms with Gasteiger partial charge in [0.05, 0.1) is 5.69 Å². The lowest BCUT2D eigenvalue weighted by molar-refractivity contribution is -0.128. The number of hydrogen-bond donors (Lipinski definition) is 0. The Bertz CT molecular complexity index is 983. The third kappa shape index (κ3) is 2.33. The first-order valence-electron chi connectivity index (χ1n) is 8.58. The maximum Gasteiger partial charge on any atom is 0.259 e. The topological polar surface area (TPSA) is 40.9 Å². The van der Waals surface area contributed by atoms with Crippen LogP contribution >= 0.6 is 12.2 Å². The van der Waals surface area contributed by atoms with Crippen LogP contribution in [-0.2, 0) is 4.79 Å². The predicted molar refractivity (Wildman–Crippen MR) is 107 cm³/mol. The predicted octanol–water partition coefficient (Wildman–Crippen LogP) is 3.84. The molecule has 0 unspecified atom stereocenters. The van der Waals surface area contributed by atoms with Gasteiger partial charge in [-0.1, -0.05) is 24.8 Å². The van der Waals surface area contributed by atoms with Gasteiger partial charge in [0.2, 0.25) is 0 Å². The van der Waals surface area contributed by atoms with E-state index in [0.29, 0.717) is 5.11 Å². The van der Waals surface area contributed by atoms with Crippen LogP contribution in [0.15, 0.2) is 67.3 Å². The van der Waals surface area contributed by atoms with Crippen molar-refractivity contribution in [2.75, 3.05) is 4.90 Å². The Kier molecular flexibility index (Phi) is 3.80. The summed E-state index contributed by atoms with van der Waals surface area (Å²) >= 11 is 5.72. The first kappa shape index (κ1) is 16.7. The highest BCUT2D eigenvalue weighted by Gasteiger charge is 2.59. The van der Waals surface area contributed by atoms with Gasteiger partial charge < -0.3 is 9.30 Å². The average Bonchev–Trinajstić information content (AvgIpc) is 3.11. The molecule has 1 aliphatic heterocycles. The third-order valence-electron chi connectivity index (χ3n) is 5.07. The van der Waals surface area contributed by atoms with E-state index < -0.39 is 5.54 Å². The van der Waals surface area contributed by atoms with Crippen LogP contribution in [0.5, 0.6) is 0 Å². The summed E-state index contributed by atoms with van der Waals surface area (Å²) in [7, 11) is 0. The number of nitrogens with zero attached hydrogens (tertiary/aromatic N) is 4. The van der Waals surface area contributed by atoms with E-state index in [9.17, 15) is 4.79 Å². The summed E-state index contributed by atoms with van der Waals surface area (Å²) in [5, 5.41) is 0.477. The Morgan fingerprint density at radius 3 is 2.73 bits per heavy atom. The van der Waals surface area contributed by atoms with Gasteiger partial charge in [-0.2, -0.15) is 0 Å². The number of pyridine rings is 1. The number of fused-ring (bicyclic) bond motifs is 1. The van der Waals surface area contributed by atoms with Crippen LogP contribution < -0.4 is 4.90 Å². The fraction of sp³-hybridized carbons (Fsp3) is 0.250. The monoisotopic (exact) mass is 364 g/mol. The average molecular weight is 364 g/mol. The maximum atomic E-state index is 13.3. The fourth-order valence-corrected chi connectivity index (χ4v) is 4.08. The zero-order chi connectivity index (χ0) is 18.5. The van der Waals surface area contributed by atoms with E-state index in [1.165, 1.54) is 0 Å². The molecule has 5 nitrogen and oxygen atoms in total. The minimum Gasteiger partial charge on any atom is -0.305 e. The van der Waals surface area contributed by atoms with E-state index in [1.54, 1.807) is 11.1 Å². The normalized spacial score (nSPS) is 19.0. The largest absolute Gasteiger partial charge is 0.305 e. The number of carbonyl (C=O) groups excluding carboxylic acids is 1. The Morgan fingerprint density at radius 1 is 1.31 bits per heavy atom. The second kappa shape index (κ2) is 5.92. The number of thiocarbonyl (C=S) groups is 1. The van der Waals surface area contributed by atoms with Crippen LogP contribution in [-0.4, -0.2) is 30.8 Å². The van der Waals surface area contributed by atoms with E-state index in [1.807, 2.05) is 52.9 Å². The quantitative estimate of drug-likeness (QED) is 0.611. The molecular weight excluding hydrogens is 344 g/mol. The lowest BCUT2D eigenvalue weighted by Gasteiger charge is -2.43. The molecule has 132 valence electrons. The fourth-order valence-electron chi connectivity index (χ4n) is 3.60. The standard InChI is InChI=1S/C20H20N4OS/c1-14(2)5-6-15(3)24-19(26)23(18(25)20(24)9-4-10-20)16-7-8-17-21-11-12-22(17)13-16/h5-8,11-13H,1,3-4,9-10H2,2H3. The highest BCUT2D eigenvalue weighted by Crippen LogP contribution is 2.47. The van der Waals surface area contributed by atoms with Crippen molar-refractivity contribution in [3.05, 3.63) is 67.3 Å². The first-order chi connectivity index (χ1) is 12.4. The minimum atomic E-state index is -0.600. The zero-order valence-corrected chi connectivity index (χ0v) is 15.5. The van der Waals surface area contributed by atoms with Gasteiger partial charge in [0.15, 0.2) is 5.11 Å². The maximum absolute atomic E-state index is 13.3. The Morgan fingerprint density at radius 2 is 2.08 bits per heavy atom. The van der Waals surface area contributed by atoms with E-state index in [-0.39, 0.29) is 5.91 Å². The molecular formula is C20H20N4OS. The summed E-state index contributed by atoms with van der Waals surface area (Å²) in [5.41, 5.74) is 2.62. The summed E-state index contributed by atoms with van der Waals surface area (Å²) in [6.07, 6.45) is 11.8. The summed E-state index contributed by atoms with van der Waals surface area (Å²) < 4.78 is 1.89. The molecule has 1 saturated heterocycles. The number of imidazole rings is 1. The first-order valence-corrected chi connectivity index (χ1v) is 8.99. The molecule has 6 heteroatoms. The van der Waals surface area contributed by atoms with Crippen molar-refractivity contribution in [2.24, 2.45) is 0 Å². The van der Waals surface area contributed by atoms with Crippen LogP contribution in [0.1, 0.15) is 26.2 Å². The Balaban J connectivity index is 1.75. The van der Waals surface area contributed by atoms with Gasteiger partial charge in [-0.3, -0.25) is 9.69 Å². The third-order valence-corrected chi connectivity index (χ3v) is 5.44. The number of amides is 1. The van der Waals surface area contributed by atoms with Crippen molar-refractivity contribution in [3.63, 3.8) is 0 Å². The van der Waals surface area contributed by atoms with Crippen LogP contribution in [0.2, 0.25) is 0 Å². The van der Waals surface area contributed by atoms with Gasteiger partial charge in [-0.25, -0.2) is 4.98 Å². The van der Waals surface area contributed by atoms with Crippen molar-refractivity contribution in [1.82, 2.24) is 14.3 Å². The lowest BCUT2D eigenvalue weighted by Crippen LogP contribution is -2.54. The molecule has 1 spiro atoms. The van der Waals surface area contributed by atoms with Gasteiger partial charge >= 0.3 is 0 Å². The van der Waals surface area contributed by atoms with E-state index in [2.05, 4.69) is 18.1 Å². The minimum absolute atomic E-state index is 0.0260. The van der Waals surface area contributed by atoms with Crippen molar-refractivity contribution in [1.29, 1.82) is 0 Å². The van der Waals surface area contributed by atoms with Crippen LogP contribution in [0.3, 0.4) is 0 Å². The molecule has 26 heavy (non-hydrogen) atoms. The van der Waals surface area contributed by atoms with Crippen molar-refractivity contribution < 1.29 is 4.79 Å². The molecule has 2 aromatic rings. The molecule has 0 atom stereocenters. The molecule has 1 saturated carbocycles. The van der Waals surface area contributed by atoms with Crippen molar-refractivity contribution >= 4 is 34.6 Å². The number of carbonyl (C=O) groups is 1. The van der Waals surface area contributed by atoms with Crippen molar-refractivity contribution in [2.45, 2.75) is 31.7 Å². The van der Waals surface area contributed by atoms with Crippen molar-refractivity contribution in [3.8, 4) is 0 Å². The number of hydrogen-bond acceptors (Lipinski definition) is 3. The van der Waals surface area contributed by atoms with Gasteiger partial charge in [0.1, 0.15) is 11.2 Å².